The molecule has 2 rings (SSSR count). The molecule has 5 nitrogen and oxygen atoms in total. The van der Waals surface area contributed by atoms with Crippen LogP contribution in [0.5, 0.6) is 0 Å². The molecule has 0 bridgehead atoms. The number of rotatable bonds is 3. The highest BCUT2D eigenvalue weighted by molar-refractivity contribution is 5.06. The van der Waals surface area contributed by atoms with Crippen molar-refractivity contribution in [3.05, 3.63) is 42.2 Å². The number of hydrogen-bond acceptors (Lipinski definition) is 4. The van der Waals surface area contributed by atoms with E-state index in [9.17, 15) is 5.11 Å². The lowest BCUT2D eigenvalue weighted by Crippen LogP contribution is -2.05. The molecule has 1 unspecified atom stereocenters. The number of aromatic nitrogens is 4. The molecule has 72 valence electrons. The normalized spacial score (nSPS) is 12.6. The molecular weight excluding hydrogens is 180 g/mol. The van der Waals surface area contributed by atoms with Crippen LogP contribution < -0.4 is 0 Å². The Balaban J connectivity index is 2.06. The van der Waals surface area contributed by atoms with E-state index in [0.717, 1.165) is 5.69 Å². The maximum absolute atomic E-state index is 9.69. The third kappa shape index (κ3) is 1.94. The first-order valence-electron chi connectivity index (χ1n) is 4.29. The zero-order valence-electron chi connectivity index (χ0n) is 7.46. The van der Waals surface area contributed by atoms with Crippen molar-refractivity contribution in [2.24, 2.45) is 0 Å². The number of nitrogens with one attached hydrogen (secondary N) is 1. The summed E-state index contributed by atoms with van der Waals surface area (Å²) in [5.74, 6) is 0.468. The topological polar surface area (TPSA) is 74.7 Å². The number of pyridine rings is 1. The molecule has 2 aromatic rings. The van der Waals surface area contributed by atoms with Crippen molar-refractivity contribution < 1.29 is 5.11 Å². The number of aliphatic hydroxyl groups excluding tert-OH is 1. The SMILES string of the molecule is OC(Cc1ccccn1)c1ncn[nH]1. The Morgan fingerprint density at radius 3 is 2.93 bits per heavy atom. The molecule has 0 fully saturated rings. The fourth-order valence-corrected chi connectivity index (χ4v) is 1.19. The van der Waals surface area contributed by atoms with Gasteiger partial charge in [0.25, 0.3) is 0 Å². The highest BCUT2D eigenvalue weighted by atomic mass is 16.3. The first-order valence-corrected chi connectivity index (χ1v) is 4.29. The molecule has 0 aliphatic heterocycles. The van der Waals surface area contributed by atoms with Crippen LogP contribution in [0.2, 0.25) is 0 Å². The Kier molecular flexibility index (Phi) is 2.51. The van der Waals surface area contributed by atoms with E-state index in [0.29, 0.717) is 12.2 Å². The molecular formula is C9H10N4O. The lowest BCUT2D eigenvalue weighted by Gasteiger charge is -2.05. The van der Waals surface area contributed by atoms with Gasteiger partial charge in [0, 0.05) is 18.3 Å². The number of aliphatic hydroxyl groups is 1. The van der Waals surface area contributed by atoms with Crippen LogP contribution in [0, 0.1) is 0 Å². The molecule has 2 heterocycles. The van der Waals surface area contributed by atoms with Gasteiger partial charge in [0.05, 0.1) is 0 Å². The lowest BCUT2D eigenvalue weighted by molar-refractivity contribution is 0.167. The molecule has 14 heavy (non-hydrogen) atoms. The number of hydrogen-bond donors (Lipinski definition) is 2. The molecule has 2 aromatic heterocycles. The molecule has 0 aliphatic carbocycles. The van der Waals surface area contributed by atoms with Crippen LogP contribution in [-0.2, 0) is 6.42 Å². The van der Waals surface area contributed by atoms with Gasteiger partial charge < -0.3 is 5.11 Å². The van der Waals surface area contributed by atoms with Crippen molar-refractivity contribution >= 4 is 0 Å². The summed E-state index contributed by atoms with van der Waals surface area (Å²) < 4.78 is 0. The summed E-state index contributed by atoms with van der Waals surface area (Å²) in [6.45, 7) is 0. The summed E-state index contributed by atoms with van der Waals surface area (Å²) in [5.41, 5.74) is 0.830. The van der Waals surface area contributed by atoms with Crippen LogP contribution in [-0.4, -0.2) is 25.3 Å². The first kappa shape index (κ1) is 8.83. The Bertz CT molecular complexity index is 373. The van der Waals surface area contributed by atoms with Crippen molar-refractivity contribution in [2.45, 2.75) is 12.5 Å². The van der Waals surface area contributed by atoms with E-state index in [1.165, 1.54) is 6.33 Å². The summed E-state index contributed by atoms with van der Waals surface area (Å²) >= 11 is 0. The predicted octanol–water partition coefficient (Wildman–Crippen LogP) is 0.476. The van der Waals surface area contributed by atoms with E-state index in [1.807, 2.05) is 18.2 Å². The van der Waals surface area contributed by atoms with Gasteiger partial charge in [-0.3, -0.25) is 10.1 Å². The number of aromatic amines is 1. The van der Waals surface area contributed by atoms with E-state index in [-0.39, 0.29) is 0 Å². The average Bonchev–Trinajstić information content (AvgIpc) is 2.72. The maximum atomic E-state index is 9.69. The molecule has 0 saturated heterocycles. The molecule has 0 amide bonds. The number of H-pyrrole nitrogens is 1. The largest absolute Gasteiger partial charge is 0.385 e. The molecule has 2 N–H and O–H groups in total. The van der Waals surface area contributed by atoms with Crippen LogP contribution >= 0.6 is 0 Å². The van der Waals surface area contributed by atoms with Crippen LogP contribution in [0.25, 0.3) is 0 Å². The second kappa shape index (κ2) is 3.97. The summed E-state index contributed by atoms with van der Waals surface area (Å²) in [6, 6.07) is 5.58. The summed E-state index contributed by atoms with van der Waals surface area (Å²) in [5, 5.41) is 16.0. The zero-order valence-corrected chi connectivity index (χ0v) is 7.46. The van der Waals surface area contributed by atoms with Crippen LogP contribution in [0.1, 0.15) is 17.6 Å². The highest BCUT2D eigenvalue weighted by Gasteiger charge is 2.11. The van der Waals surface area contributed by atoms with Gasteiger partial charge in [0.15, 0.2) is 5.82 Å². The summed E-state index contributed by atoms with van der Waals surface area (Å²) in [6.07, 6.45) is 2.84. The molecule has 5 heteroatoms. The van der Waals surface area contributed by atoms with E-state index in [2.05, 4.69) is 20.2 Å². The smallest absolute Gasteiger partial charge is 0.153 e. The second-order valence-corrected chi connectivity index (χ2v) is 2.91. The van der Waals surface area contributed by atoms with Crippen molar-refractivity contribution in [2.75, 3.05) is 0 Å². The highest BCUT2D eigenvalue weighted by Crippen LogP contribution is 2.11. The summed E-state index contributed by atoms with van der Waals surface area (Å²) in [4.78, 5) is 7.97. The molecule has 0 saturated carbocycles. The standard InChI is InChI=1S/C9H10N4O/c14-8(9-11-6-12-13-9)5-7-3-1-2-4-10-7/h1-4,6,8,14H,5H2,(H,11,12,13). The van der Waals surface area contributed by atoms with Gasteiger partial charge in [-0.05, 0) is 12.1 Å². The minimum Gasteiger partial charge on any atom is -0.385 e. The predicted molar refractivity (Wildman–Crippen MR) is 49.3 cm³/mol. The molecule has 0 aliphatic rings. The number of nitrogens with zero attached hydrogens (tertiary/aromatic N) is 3. The van der Waals surface area contributed by atoms with Gasteiger partial charge in [-0.1, -0.05) is 6.07 Å². The minimum absolute atomic E-state index is 0.441. The van der Waals surface area contributed by atoms with Crippen LogP contribution in [0.3, 0.4) is 0 Å². The van der Waals surface area contributed by atoms with Gasteiger partial charge in [0.1, 0.15) is 12.4 Å². The van der Waals surface area contributed by atoms with Crippen molar-refractivity contribution in [3.8, 4) is 0 Å². The van der Waals surface area contributed by atoms with Gasteiger partial charge in [0.2, 0.25) is 0 Å². The Hall–Kier alpha value is -1.75. The van der Waals surface area contributed by atoms with Crippen molar-refractivity contribution in [1.82, 2.24) is 20.2 Å². The fourth-order valence-electron chi connectivity index (χ4n) is 1.19. The molecule has 1 atom stereocenters. The third-order valence-corrected chi connectivity index (χ3v) is 1.88. The van der Waals surface area contributed by atoms with Gasteiger partial charge in [-0.25, -0.2) is 4.98 Å². The third-order valence-electron chi connectivity index (χ3n) is 1.88. The quantitative estimate of drug-likeness (QED) is 0.738. The van der Waals surface area contributed by atoms with Gasteiger partial charge in [-0.2, -0.15) is 5.10 Å². The van der Waals surface area contributed by atoms with E-state index >= 15 is 0 Å². The Morgan fingerprint density at radius 1 is 1.36 bits per heavy atom. The van der Waals surface area contributed by atoms with Crippen LogP contribution in [0.15, 0.2) is 30.7 Å². The van der Waals surface area contributed by atoms with Crippen molar-refractivity contribution in [1.29, 1.82) is 0 Å². The van der Waals surface area contributed by atoms with Gasteiger partial charge in [-0.15, -0.1) is 0 Å². The zero-order chi connectivity index (χ0) is 9.80. The van der Waals surface area contributed by atoms with Gasteiger partial charge >= 0.3 is 0 Å². The minimum atomic E-state index is -0.674. The maximum Gasteiger partial charge on any atom is 0.153 e. The summed E-state index contributed by atoms with van der Waals surface area (Å²) in [7, 11) is 0. The Morgan fingerprint density at radius 2 is 2.29 bits per heavy atom. The van der Waals surface area contributed by atoms with E-state index in [4.69, 9.17) is 0 Å². The first-order chi connectivity index (χ1) is 6.86. The average molecular weight is 190 g/mol. The fraction of sp³-hybridized carbons (Fsp3) is 0.222. The second-order valence-electron chi connectivity index (χ2n) is 2.91. The van der Waals surface area contributed by atoms with E-state index < -0.39 is 6.10 Å². The Labute approximate surface area is 80.8 Å². The molecule has 0 spiro atoms. The van der Waals surface area contributed by atoms with Crippen LogP contribution in [0.4, 0.5) is 0 Å². The van der Waals surface area contributed by atoms with Crippen molar-refractivity contribution in [3.63, 3.8) is 0 Å². The monoisotopic (exact) mass is 190 g/mol. The molecule has 0 aromatic carbocycles. The van der Waals surface area contributed by atoms with E-state index in [1.54, 1.807) is 6.20 Å². The molecule has 0 radical (unpaired) electrons. The lowest BCUT2D eigenvalue weighted by atomic mass is 10.2.